The zero-order chi connectivity index (χ0) is 14.8. The molecule has 0 aliphatic heterocycles. The molecular weight excluding hydrogens is 268 g/mol. The van der Waals surface area contributed by atoms with E-state index in [2.05, 4.69) is 9.97 Å². The number of ether oxygens (including phenoxy) is 2. The molecule has 1 heterocycles. The van der Waals surface area contributed by atoms with Crippen LogP contribution in [0.5, 0.6) is 5.75 Å². The van der Waals surface area contributed by atoms with Crippen LogP contribution in [0.25, 0.3) is 22.2 Å². The summed E-state index contributed by atoms with van der Waals surface area (Å²) in [5, 5.41) is 0. The number of nitrogens with one attached hydrogen (secondary N) is 1. The first-order chi connectivity index (χ1) is 10.2. The zero-order valence-corrected chi connectivity index (χ0v) is 11.7. The lowest BCUT2D eigenvalue weighted by Crippen LogP contribution is -2.02. The Morgan fingerprint density at radius 2 is 1.86 bits per heavy atom. The van der Waals surface area contributed by atoms with Crippen LogP contribution in [0.4, 0.5) is 0 Å². The van der Waals surface area contributed by atoms with Crippen molar-refractivity contribution in [2.45, 2.75) is 0 Å². The number of aromatic amines is 1. The van der Waals surface area contributed by atoms with Crippen molar-refractivity contribution in [3.05, 3.63) is 48.3 Å². The average molecular weight is 282 g/mol. The minimum absolute atomic E-state index is 0.395. The number of benzene rings is 2. The second-order valence-electron chi connectivity index (χ2n) is 4.51. The van der Waals surface area contributed by atoms with Gasteiger partial charge in [0, 0.05) is 5.56 Å². The molecule has 0 saturated heterocycles. The summed E-state index contributed by atoms with van der Waals surface area (Å²) in [5.74, 6) is 0.402. The Bertz CT molecular complexity index is 791. The highest BCUT2D eigenvalue weighted by Gasteiger charge is 2.15. The lowest BCUT2D eigenvalue weighted by atomic mass is 10.0. The van der Waals surface area contributed by atoms with E-state index in [1.165, 1.54) is 7.11 Å². The molecule has 3 aromatic rings. The molecule has 1 N–H and O–H groups in total. The number of hydrogen-bond donors (Lipinski definition) is 1. The molecule has 0 radical (unpaired) electrons. The molecule has 0 bridgehead atoms. The fourth-order valence-corrected chi connectivity index (χ4v) is 2.32. The van der Waals surface area contributed by atoms with Gasteiger partial charge in [-0.1, -0.05) is 18.2 Å². The van der Waals surface area contributed by atoms with Crippen LogP contribution in [0.2, 0.25) is 0 Å². The largest absolute Gasteiger partial charge is 0.497 e. The molecule has 106 valence electrons. The lowest BCUT2D eigenvalue weighted by Gasteiger charge is -2.07. The smallest absolute Gasteiger partial charge is 0.340 e. The quantitative estimate of drug-likeness (QED) is 0.750. The fourth-order valence-electron chi connectivity index (χ4n) is 2.32. The molecule has 0 spiro atoms. The summed E-state index contributed by atoms with van der Waals surface area (Å²) in [4.78, 5) is 19.1. The molecule has 0 atom stereocenters. The van der Waals surface area contributed by atoms with E-state index >= 15 is 0 Å². The maximum Gasteiger partial charge on any atom is 0.340 e. The molecule has 0 aliphatic carbocycles. The number of esters is 1. The number of rotatable bonds is 3. The molecule has 0 fully saturated rings. The van der Waals surface area contributed by atoms with Gasteiger partial charge in [-0.25, -0.2) is 9.78 Å². The second-order valence-corrected chi connectivity index (χ2v) is 4.51. The average Bonchev–Trinajstić information content (AvgIpc) is 3.03. The molecule has 3 rings (SSSR count). The van der Waals surface area contributed by atoms with E-state index in [1.807, 2.05) is 30.3 Å². The summed E-state index contributed by atoms with van der Waals surface area (Å²) in [6.07, 6.45) is 1.57. The number of methoxy groups -OCH3 is 2. The Morgan fingerprint density at radius 1 is 1.10 bits per heavy atom. The highest BCUT2D eigenvalue weighted by molar-refractivity contribution is 6.06. The summed E-state index contributed by atoms with van der Waals surface area (Å²) in [6, 6.07) is 11.3. The van der Waals surface area contributed by atoms with Crippen LogP contribution >= 0.6 is 0 Å². The molecular formula is C16H14N2O3. The third kappa shape index (κ3) is 2.23. The van der Waals surface area contributed by atoms with Crippen LogP contribution in [-0.2, 0) is 4.74 Å². The summed E-state index contributed by atoms with van der Waals surface area (Å²) < 4.78 is 9.94. The predicted molar refractivity (Wildman–Crippen MR) is 79.4 cm³/mol. The van der Waals surface area contributed by atoms with Crippen LogP contribution in [-0.4, -0.2) is 30.2 Å². The molecule has 5 nitrogen and oxygen atoms in total. The molecule has 1 aromatic heterocycles. The van der Waals surface area contributed by atoms with E-state index < -0.39 is 5.97 Å². The highest BCUT2D eigenvalue weighted by Crippen LogP contribution is 2.30. The van der Waals surface area contributed by atoms with E-state index in [-0.39, 0.29) is 0 Å². The van der Waals surface area contributed by atoms with Gasteiger partial charge < -0.3 is 14.5 Å². The third-order valence-corrected chi connectivity index (χ3v) is 3.39. The van der Waals surface area contributed by atoms with Crippen LogP contribution in [0, 0.1) is 0 Å². The Balaban J connectivity index is 2.15. The van der Waals surface area contributed by atoms with Crippen molar-refractivity contribution < 1.29 is 14.3 Å². The van der Waals surface area contributed by atoms with E-state index in [0.29, 0.717) is 11.1 Å². The first kappa shape index (κ1) is 13.2. The molecule has 0 amide bonds. The lowest BCUT2D eigenvalue weighted by molar-refractivity contribution is 0.0603. The topological polar surface area (TPSA) is 64.2 Å². The van der Waals surface area contributed by atoms with Gasteiger partial charge in [0.05, 0.1) is 31.6 Å². The van der Waals surface area contributed by atoms with Gasteiger partial charge in [-0.2, -0.15) is 0 Å². The van der Waals surface area contributed by atoms with E-state index in [0.717, 1.165) is 22.4 Å². The zero-order valence-electron chi connectivity index (χ0n) is 11.7. The Hall–Kier alpha value is -2.82. The van der Waals surface area contributed by atoms with Crippen LogP contribution < -0.4 is 4.74 Å². The molecule has 0 unspecified atom stereocenters. The summed E-state index contributed by atoms with van der Waals surface area (Å²) in [7, 11) is 2.99. The van der Waals surface area contributed by atoms with Crippen molar-refractivity contribution in [2.75, 3.05) is 14.2 Å². The minimum atomic E-state index is -0.395. The van der Waals surface area contributed by atoms with Gasteiger partial charge in [0.2, 0.25) is 0 Å². The normalized spacial score (nSPS) is 10.6. The Kier molecular flexibility index (Phi) is 3.31. The first-order valence-electron chi connectivity index (χ1n) is 6.43. The number of imidazole rings is 1. The van der Waals surface area contributed by atoms with Crippen LogP contribution in [0.15, 0.2) is 42.7 Å². The standard InChI is InChI=1S/C16H14N2O3/c1-20-11-5-3-10(4-6-11)12-7-8-13(16(19)21-2)15-14(12)17-9-18-15/h3-9H,1-2H3,(H,17,18). The van der Waals surface area contributed by atoms with Crippen molar-refractivity contribution in [1.82, 2.24) is 9.97 Å². The number of hydrogen-bond acceptors (Lipinski definition) is 4. The summed E-state index contributed by atoms with van der Waals surface area (Å²) in [6.45, 7) is 0. The Labute approximate surface area is 121 Å². The van der Waals surface area contributed by atoms with Crippen LogP contribution in [0.3, 0.4) is 0 Å². The number of aromatic nitrogens is 2. The molecule has 21 heavy (non-hydrogen) atoms. The van der Waals surface area contributed by atoms with Gasteiger partial charge in [-0.05, 0) is 23.8 Å². The fraction of sp³-hybridized carbons (Fsp3) is 0.125. The van der Waals surface area contributed by atoms with Gasteiger partial charge in [0.25, 0.3) is 0 Å². The number of nitrogens with zero attached hydrogens (tertiary/aromatic N) is 1. The highest BCUT2D eigenvalue weighted by atomic mass is 16.5. The maximum absolute atomic E-state index is 11.8. The third-order valence-electron chi connectivity index (χ3n) is 3.39. The molecule has 0 saturated carbocycles. The van der Waals surface area contributed by atoms with Crippen LogP contribution in [0.1, 0.15) is 10.4 Å². The van der Waals surface area contributed by atoms with Gasteiger partial charge in [-0.15, -0.1) is 0 Å². The molecule has 2 aromatic carbocycles. The first-order valence-corrected chi connectivity index (χ1v) is 6.43. The summed E-state index contributed by atoms with van der Waals surface area (Å²) in [5.41, 5.74) is 3.85. The van der Waals surface area contributed by atoms with Crippen molar-refractivity contribution >= 4 is 17.0 Å². The Morgan fingerprint density at radius 3 is 2.52 bits per heavy atom. The predicted octanol–water partition coefficient (Wildman–Crippen LogP) is 3.03. The molecule has 0 aliphatic rings. The second kappa shape index (κ2) is 5.28. The SMILES string of the molecule is COC(=O)c1ccc(-c2ccc(OC)cc2)c2[nH]cnc12. The van der Waals surface area contributed by atoms with Gasteiger partial charge in [0.15, 0.2) is 0 Å². The number of H-pyrrole nitrogens is 1. The minimum Gasteiger partial charge on any atom is -0.497 e. The van der Waals surface area contributed by atoms with Gasteiger partial charge in [-0.3, -0.25) is 0 Å². The van der Waals surface area contributed by atoms with Gasteiger partial charge in [0.1, 0.15) is 11.3 Å². The maximum atomic E-state index is 11.8. The van der Waals surface area contributed by atoms with Crippen molar-refractivity contribution in [3.8, 4) is 16.9 Å². The van der Waals surface area contributed by atoms with E-state index in [4.69, 9.17) is 9.47 Å². The summed E-state index contributed by atoms with van der Waals surface area (Å²) >= 11 is 0. The monoisotopic (exact) mass is 282 g/mol. The number of carbonyl (C=O) groups is 1. The van der Waals surface area contributed by atoms with Crippen molar-refractivity contribution in [1.29, 1.82) is 0 Å². The van der Waals surface area contributed by atoms with Gasteiger partial charge >= 0.3 is 5.97 Å². The van der Waals surface area contributed by atoms with Crippen molar-refractivity contribution in [2.24, 2.45) is 0 Å². The van der Waals surface area contributed by atoms with Crippen molar-refractivity contribution in [3.63, 3.8) is 0 Å². The van der Waals surface area contributed by atoms with E-state index in [9.17, 15) is 4.79 Å². The van der Waals surface area contributed by atoms with E-state index in [1.54, 1.807) is 19.5 Å². The molecule has 5 heteroatoms. The number of carbonyl (C=O) groups excluding carboxylic acids is 1. The number of fused-ring (bicyclic) bond motifs is 1.